The first-order valence-corrected chi connectivity index (χ1v) is 14.2. The number of hydrogen-bond acceptors (Lipinski definition) is 10. The zero-order valence-corrected chi connectivity index (χ0v) is 22.1. The zero-order chi connectivity index (χ0) is 28.2. The van der Waals surface area contributed by atoms with Crippen LogP contribution in [0.1, 0.15) is 65.7 Å². The van der Waals surface area contributed by atoms with Crippen LogP contribution in [-0.4, -0.2) is 66.0 Å². The molecule has 7 atom stereocenters. The van der Waals surface area contributed by atoms with Gasteiger partial charge in [-0.25, -0.2) is 0 Å². The van der Waals surface area contributed by atoms with Crippen LogP contribution in [0, 0.1) is 29.6 Å². The Bertz CT molecular complexity index is 1100. The number of ether oxygens (including phenoxy) is 4. The lowest BCUT2D eigenvalue weighted by molar-refractivity contribution is -0.176. The summed E-state index contributed by atoms with van der Waals surface area (Å²) in [5.74, 6) is -5.43. The number of halogens is 2. The molecule has 0 aromatic carbocycles. The van der Waals surface area contributed by atoms with Gasteiger partial charge in [-0.15, -0.1) is 0 Å². The van der Waals surface area contributed by atoms with E-state index in [4.69, 9.17) is 18.8 Å². The molecule has 3 aliphatic carbocycles. The second-order valence-corrected chi connectivity index (χ2v) is 12.6. The molecule has 0 amide bonds. The molecule has 11 nitrogen and oxygen atoms in total. The van der Waals surface area contributed by atoms with Gasteiger partial charge in [0.05, 0.1) is 24.7 Å². The number of hydrogen-bond donors (Lipinski definition) is 1. The smallest absolute Gasteiger partial charge is 0.405 e. The van der Waals surface area contributed by atoms with Crippen molar-refractivity contribution < 1.29 is 59.9 Å². The Morgan fingerprint density at radius 3 is 2.32 bits per heavy atom. The summed E-state index contributed by atoms with van der Waals surface area (Å²) in [6.07, 6.45) is -1.03. The highest BCUT2D eigenvalue weighted by molar-refractivity contribution is 7.86. The predicted octanol–water partition coefficient (Wildman–Crippen LogP) is 2.41. The largest absolute Gasteiger partial charge is 0.459 e. The van der Waals surface area contributed by atoms with E-state index in [1.54, 1.807) is 0 Å². The highest BCUT2D eigenvalue weighted by atomic mass is 32.2. The quantitative estimate of drug-likeness (QED) is 0.235. The van der Waals surface area contributed by atoms with Crippen LogP contribution >= 0.6 is 0 Å². The summed E-state index contributed by atoms with van der Waals surface area (Å²) in [5.41, 5.74) is -0.715. The molecule has 0 spiro atoms. The van der Waals surface area contributed by atoms with E-state index in [0.29, 0.717) is 13.3 Å². The molecule has 2 bridgehead atoms. The van der Waals surface area contributed by atoms with Crippen LogP contribution in [-0.2, 0) is 48.2 Å². The molecule has 4 rings (SSSR count). The van der Waals surface area contributed by atoms with Crippen LogP contribution in [0.4, 0.5) is 8.78 Å². The van der Waals surface area contributed by atoms with Crippen molar-refractivity contribution in [2.75, 3.05) is 0 Å². The first-order chi connectivity index (χ1) is 17.5. The van der Waals surface area contributed by atoms with Crippen molar-refractivity contribution in [3.8, 4) is 0 Å². The minimum atomic E-state index is -5.82. The van der Waals surface area contributed by atoms with E-state index in [1.807, 2.05) is 13.8 Å². The van der Waals surface area contributed by atoms with Gasteiger partial charge in [-0.2, -0.15) is 17.2 Å². The van der Waals surface area contributed by atoms with Crippen LogP contribution in [0.3, 0.4) is 0 Å². The maximum atomic E-state index is 13.6. The van der Waals surface area contributed by atoms with Gasteiger partial charge in [0.2, 0.25) is 0 Å². The van der Waals surface area contributed by atoms with Crippen molar-refractivity contribution in [3.63, 3.8) is 0 Å². The lowest BCUT2D eigenvalue weighted by Crippen LogP contribution is -2.46. The molecule has 1 heterocycles. The Morgan fingerprint density at radius 1 is 1.11 bits per heavy atom. The third-order valence-corrected chi connectivity index (χ3v) is 9.47. The van der Waals surface area contributed by atoms with Gasteiger partial charge < -0.3 is 18.9 Å². The third-order valence-electron chi connectivity index (χ3n) is 8.45. The molecule has 1 saturated heterocycles. The predicted molar refractivity (Wildman–Crippen MR) is 122 cm³/mol. The van der Waals surface area contributed by atoms with Crippen LogP contribution in [0.25, 0.3) is 0 Å². The third kappa shape index (κ3) is 5.13. The average molecular weight is 567 g/mol. The Labute approximate surface area is 218 Å². The lowest BCUT2D eigenvalue weighted by Gasteiger charge is -2.35. The summed E-state index contributed by atoms with van der Waals surface area (Å²) in [6.45, 7) is 4.29. The second kappa shape index (κ2) is 10.00. The molecule has 0 radical (unpaired) electrons. The first-order valence-electron chi connectivity index (χ1n) is 12.7. The van der Waals surface area contributed by atoms with Gasteiger partial charge in [-0.1, -0.05) is 12.8 Å². The fraction of sp³-hybridized carbons (Fsp3) is 0.833. The van der Waals surface area contributed by atoms with Crippen molar-refractivity contribution >= 4 is 34.0 Å². The highest BCUT2D eigenvalue weighted by Crippen LogP contribution is 2.59. The highest BCUT2D eigenvalue weighted by Gasteiger charge is 2.70. The number of esters is 4. The number of rotatable bonds is 10. The van der Waals surface area contributed by atoms with Crippen molar-refractivity contribution in [2.24, 2.45) is 29.6 Å². The molecule has 214 valence electrons. The SMILES string of the molecule is CC(OC(=O)CCC(=O)OC1C2CC3C1OC(=O)C3C2C(=O)OC(C)(C)C1CCCC1)C(F)(F)S(=O)(=O)O. The summed E-state index contributed by atoms with van der Waals surface area (Å²) in [5, 5.41) is -4.73. The van der Waals surface area contributed by atoms with Crippen molar-refractivity contribution in [2.45, 2.75) is 94.9 Å². The number of carbonyl (C=O) groups excluding carboxylic acids is 4. The molecule has 0 aromatic rings. The average Bonchev–Trinajstić information content (AvgIpc) is 3.56. The molecule has 1 aliphatic heterocycles. The van der Waals surface area contributed by atoms with Crippen molar-refractivity contribution in [3.05, 3.63) is 0 Å². The molecule has 4 aliphatic rings. The summed E-state index contributed by atoms with van der Waals surface area (Å²) in [6, 6.07) is 0. The zero-order valence-electron chi connectivity index (χ0n) is 21.3. The van der Waals surface area contributed by atoms with Gasteiger partial charge in [0.1, 0.15) is 17.8 Å². The van der Waals surface area contributed by atoms with Gasteiger partial charge in [-0.05, 0) is 46.0 Å². The topological polar surface area (TPSA) is 160 Å². The van der Waals surface area contributed by atoms with E-state index in [9.17, 15) is 36.4 Å². The standard InChI is InChI=1S/C24H32F2O11S/c1-11(24(25,26)38(31,32)33)34-15(27)8-9-16(28)35-19-14-10-13-17(21(29)36-20(13)19)18(14)22(30)37-23(2,3)12-6-4-5-7-12/h11-14,17-20H,4-10H2,1-3H3,(H,31,32,33). The molecule has 0 aromatic heterocycles. The Hall–Kier alpha value is -2.35. The van der Waals surface area contributed by atoms with Crippen LogP contribution < -0.4 is 0 Å². The molecule has 1 N–H and O–H groups in total. The van der Waals surface area contributed by atoms with Gasteiger partial charge in [0.15, 0.2) is 6.10 Å². The second-order valence-electron chi connectivity index (χ2n) is 11.1. The van der Waals surface area contributed by atoms with E-state index >= 15 is 0 Å². The molecule has 38 heavy (non-hydrogen) atoms. The van der Waals surface area contributed by atoms with Crippen LogP contribution in [0.15, 0.2) is 0 Å². The van der Waals surface area contributed by atoms with Gasteiger partial charge >= 0.3 is 39.2 Å². The number of alkyl halides is 2. The molecule has 14 heteroatoms. The Balaban J connectivity index is 1.35. The normalized spacial score (nSPS) is 31.7. The summed E-state index contributed by atoms with van der Waals surface area (Å²) >= 11 is 0. The summed E-state index contributed by atoms with van der Waals surface area (Å²) < 4.78 is 78.4. The van der Waals surface area contributed by atoms with E-state index in [0.717, 1.165) is 25.7 Å². The maximum absolute atomic E-state index is 13.6. The van der Waals surface area contributed by atoms with Crippen LogP contribution in [0.5, 0.6) is 0 Å². The van der Waals surface area contributed by atoms with Crippen LogP contribution in [0.2, 0.25) is 0 Å². The monoisotopic (exact) mass is 566 g/mol. The number of carbonyl (C=O) groups is 4. The lowest BCUT2D eigenvalue weighted by atomic mass is 9.78. The van der Waals surface area contributed by atoms with E-state index in [2.05, 4.69) is 4.74 Å². The fourth-order valence-electron chi connectivity index (χ4n) is 6.45. The minimum Gasteiger partial charge on any atom is -0.459 e. The molecular weight excluding hydrogens is 534 g/mol. The minimum absolute atomic E-state index is 0.210. The Kier molecular flexibility index (Phi) is 7.54. The number of fused-ring (bicyclic) bond motifs is 1. The van der Waals surface area contributed by atoms with E-state index in [1.165, 1.54) is 0 Å². The van der Waals surface area contributed by atoms with Gasteiger partial charge in [-0.3, -0.25) is 23.7 Å². The molecular formula is C24H32F2O11S. The summed E-state index contributed by atoms with van der Waals surface area (Å²) in [7, 11) is -5.82. The van der Waals surface area contributed by atoms with Gasteiger partial charge in [0, 0.05) is 11.8 Å². The van der Waals surface area contributed by atoms with Gasteiger partial charge in [0.25, 0.3) is 0 Å². The summed E-state index contributed by atoms with van der Waals surface area (Å²) in [4.78, 5) is 50.2. The van der Waals surface area contributed by atoms with E-state index < -0.39 is 93.8 Å². The molecule has 4 fully saturated rings. The van der Waals surface area contributed by atoms with Crippen molar-refractivity contribution in [1.82, 2.24) is 0 Å². The molecule has 7 unspecified atom stereocenters. The fourth-order valence-corrected chi connectivity index (χ4v) is 6.92. The maximum Gasteiger partial charge on any atom is 0.405 e. The van der Waals surface area contributed by atoms with E-state index in [-0.39, 0.29) is 11.8 Å². The first kappa shape index (κ1) is 28.7. The Morgan fingerprint density at radius 2 is 1.71 bits per heavy atom. The molecule has 3 saturated carbocycles. The van der Waals surface area contributed by atoms with Crippen molar-refractivity contribution in [1.29, 1.82) is 0 Å².